The Morgan fingerprint density at radius 2 is 2.05 bits per heavy atom. The van der Waals surface area contributed by atoms with Crippen molar-refractivity contribution in [3.05, 3.63) is 41.1 Å². The van der Waals surface area contributed by atoms with E-state index in [1.165, 1.54) is 12.8 Å². The van der Waals surface area contributed by atoms with Gasteiger partial charge in [0.15, 0.2) is 0 Å². The van der Waals surface area contributed by atoms with Crippen LogP contribution in [0.15, 0.2) is 30.0 Å². The van der Waals surface area contributed by atoms with Crippen molar-refractivity contribution in [2.45, 2.75) is 45.6 Å². The van der Waals surface area contributed by atoms with E-state index < -0.39 is 0 Å². The molecular formula is C17H21N3O. The molecule has 1 amide bonds. The first-order chi connectivity index (χ1) is 10.1. The summed E-state index contributed by atoms with van der Waals surface area (Å²) in [5, 5.41) is 15.1. The summed E-state index contributed by atoms with van der Waals surface area (Å²) in [6, 6.07) is 8.16. The minimum Gasteiger partial charge on any atom is -0.387 e. The third-order valence-corrected chi connectivity index (χ3v) is 3.81. The molecule has 0 aromatic heterocycles. The lowest BCUT2D eigenvalue weighted by Crippen LogP contribution is -2.23. The predicted octanol–water partition coefficient (Wildman–Crippen LogP) is 3.18. The molecule has 0 atom stereocenters. The van der Waals surface area contributed by atoms with Crippen LogP contribution in [-0.2, 0) is 4.79 Å². The monoisotopic (exact) mass is 283 g/mol. The highest BCUT2D eigenvalue weighted by molar-refractivity contribution is 6.06. The van der Waals surface area contributed by atoms with Crippen LogP contribution in [-0.4, -0.2) is 11.9 Å². The molecule has 0 unspecified atom stereocenters. The Morgan fingerprint density at radius 1 is 1.33 bits per heavy atom. The number of nitriles is 1. The summed E-state index contributed by atoms with van der Waals surface area (Å²) in [6.45, 7) is 3.94. The van der Waals surface area contributed by atoms with Gasteiger partial charge in [0.05, 0.1) is 0 Å². The number of nitrogens with one attached hydrogen (secondary N) is 2. The third kappa shape index (κ3) is 4.09. The van der Waals surface area contributed by atoms with Crippen LogP contribution in [0.4, 0.5) is 5.69 Å². The molecule has 2 rings (SSSR count). The lowest BCUT2D eigenvalue weighted by atomic mass is 10.1. The molecule has 1 aliphatic carbocycles. The number of nitrogens with zero attached hydrogens (tertiary/aromatic N) is 1. The van der Waals surface area contributed by atoms with Crippen molar-refractivity contribution in [1.82, 2.24) is 5.32 Å². The van der Waals surface area contributed by atoms with Gasteiger partial charge in [-0.05, 0) is 38.3 Å². The van der Waals surface area contributed by atoms with E-state index in [1.807, 2.05) is 38.1 Å². The van der Waals surface area contributed by atoms with Gasteiger partial charge in [-0.15, -0.1) is 0 Å². The van der Waals surface area contributed by atoms with E-state index in [0.29, 0.717) is 6.04 Å². The Kier molecular flexibility index (Phi) is 4.99. The van der Waals surface area contributed by atoms with Crippen LogP contribution in [0.2, 0.25) is 0 Å². The molecule has 4 nitrogen and oxygen atoms in total. The first kappa shape index (κ1) is 15.1. The lowest BCUT2D eigenvalue weighted by molar-refractivity contribution is -0.112. The number of hydrogen-bond donors (Lipinski definition) is 2. The third-order valence-electron chi connectivity index (χ3n) is 3.81. The number of hydrogen-bond acceptors (Lipinski definition) is 3. The number of benzene rings is 1. The largest absolute Gasteiger partial charge is 0.387 e. The summed E-state index contributed by atoms with van der Waals surface area (Å²) in [7, 11) is 0. The molecule has 0 heterocycles. The SMILES string of the molecule is Cc1ccc(NC(=O)/C(C#N)=C\NC2CCCC2)c(C)c1. The van der Waals surface area contributed by atoms with Gasteiger partial charge in [0.1, 0.15) is 11.6 Å². The molecule has 0 aliphatic heterocycles. The minimum atomic E-state index is -0.366. The van der Waals surface area contributed by atoms with Crippen molar-refractivity contribution in [2.24, 2.45) is 0 Å². The second-order valence-corrected chi connectivity index (χ2v) is 5.59. The zero-order valence-electron chi connectivity index (χ0n) is 12.6. The smallest absolute Gasteiger partial charge is 0.267 e. The Hall–Kier alpha value is -2.28. The summed E-state index contributed by atoms with van der Waals surface area (Å²) >= 11 is 0. The van der Waals surface area contributed by atoms with E-state index in [2.05, 4.69) is 10.6 Å². The van der Waals surface area contributed by atoms with Gasteiger partial charge in [-0.3, -0.25) is 4.79 Å². The van der Waals surface area contributed by atoms with Crippen LogP contribution < -0.4 is 10.6 Å². The maximum Gasteiger partial charge on any atom is 0.267 e. The van der Waals surface area contributed by atoms with Crippen LogP contribution in [0.5, 0.6) is 0 Å². The van der Waals surface area contributed by atoms with E-state index in [-0.39, 0.29) is 11.5 Å². The van der Waals surface area contributed by atoms with Gasteiger partial charge >= 0.3 is 0 Å². The number of rotatable bonds is 4. The highest BCUT2D eigenvalue weighted by Gasteiger charge is 2.15. The maximum absolute atomic E-state index is 12.1. The molecule has 0 spiro atoms. The average Bonchev–Trinajstić information content (AvgIpc) is 2.96. The van der Waals surface area contributed by atoms with E-state index >= 15 is 0 Å². The van der Waals surface area contributed by atoms with Gasteiger partial charge < -0.3 is 10.6 Å². The number of anilines is 1. The van der Waals surface area contributed by atoms with Crippen molar-refractivity contribution in [3.8, 4) is 6.07 Å². The van der Waals surface area contributed by atoms with Crippen LogP contribution in [0.25, 0.3) is 0 Å². The van der Waals surface area contributed by atoms with E-state index in [0.717, 1.165) is 29.7 Å². The minimum absolute atomic E-state index is 0.113. The van der Waals surface area contributed by atoms with Gasteiger partial charge in [-0.25, -0.2) is 0 Å². The van der Waals surface area contributed by atoms with Crippen LogP contribution >= 0.6 is 0 Å². The Balaban J connectivity index is 2.02. The molecule has 4 heteroatoms. The van der Waals surface area contributed by atoms with Gasteiger partial charge in [-0.2, -0.15) is 5.26 Å². The maximum atomic E-state index is 12.1. The fourth-order valence-electron chi connectivity index (χ4n) is 2.59. The molecule has 1 saturated carbocycles. The first-order valence-corrected chi connectivity index (χ1v) is 7.35. The zero-order chi connectivity index (χ0) is 15.2. The second kappa shape index (κ2) is 6.94. The summed E-state index contributed by atoms with van der Waals surface area (Å²) in [4.78, 5) is 12.1. The Morgan fingerprint density at radius 3 is 2.67 bits per heavy atom. The van der Waals surface area contributed by atoms with Crippen molar-refractivity contribution in [3.63, 3.8) is 0 Å². The summed E-state index contributed by atoms with van der Waals surface area (Å²) < 4.78 is 0. The number of carbonyl (C=O) groups excluding carboxylic acids is 1. The summed E-state index contributed by atoms with van der Waals surface area (Å²) in [6.07, 6.45) is 6.18. The van der Waals surface area contributed by atoms with Gasteiger partial charge in [0.25, 0.3) is 5.91 Å². The van der Waals surface area contributed by atoms with Gasteiger partial charge in [0.2, 0.25) is 0 Å². The summed E-state index contributed by atoms with van der Waals surface area (Å²) in [5.74, 6) is -0.366. The van der Waals surface area contributed by atoms with Crippen molar-refractivity contribution >= 4 is 11.6 Å². The second-order valence-electron chi connectivity index (χ2n) is 5.59. The fourth-order valence-corrected chi connectivity index (χ4v) is 2.59. The number of amides is 1. The van der Waals surface area contributed by atoms with Crippen LogP contribution in [0.3, 0.4) is 0 Å². The average molecular weight is 283 g/mol. The number of carbonyl (C=O) groups is 1. The van der Waals surface area contributed by atoms with Crippen LogP contribution in [0.1, 0.15) is 36.8 Å². The first-order valence-electron chi connectivity index (χ1n) is 7.35. The normalized spacial score (nSPS) is 15.6. The molecule has 1 fully saturated rings. The molecule has 1 aromatic carbocycles. The predicted molar refractivity (Wildman–Crippen MR) is 83.6 cm³/mol. The van der Waals surface area contributed by atoms with Gasteiger partial charge in [-0.1, -0.05) is 30.5 Å². The van der Waals surface area contributed by atoms with Gasteiger partial charge in [0, 0.05) is 17.9 Å². The molecule has 2 N–H and O–H groups in total. The zero-order valence-corrected chi connectivity index (χ0v) is 12.6. The lowest BCUT2D eigenvalue weighted by Gasteiger charge is -2.11. The molecule has 21 heavy (non-hydrogen) atoms. The number of aryl methyl sites for hydroxylation is 2. The van der Waals surface area contributed by atoms with Crippen molar-refractivity contribution < 1.29 is 4.79 Å². The Labute approximate surface area is 125 Å². The van der Waals surface area contributed by atoms with Crippen LogP contribution in [0, 0.1) is 25.2 Å². The molecule has 1 aromatic rings. The quantitative estimate of drug-likeness (QED) is 0.659. The Bertz CT molecular complexity index is 593. The fraction of sp³-hybridized carbons (Fsp3) is 0.412. The summed E-state index contributed by atoms with van der Waals surface area (Å²) in [5.41, 5.74) is 2.99. The van der Waals surface area contributed by atoms with Crippen molar-refractivity contribution in [1.29, 1.82) is 5.26 Å². The molecule has 0 saturated heterocycles. The standard InChI is InChI=1S/C17H21N3O/c1-12-7-8-16(13(2)9-12)20-17(21)14(10-18)11-19-15-5-3-4-6-15/h7-9,11,15,19H,3-6H2,1-2H3,(H,20,21)/b14-11-. The highest BCUT2D eigenvalue weighted by atomic mass is 16.1. The van der Waals surface area contributed by atoms with E-state index in [1.54, 1.807) is 6.20 Å². The highest BCUT2D eigenvalue weighted by Crippen LogP contribution is 2.18. The molecule has 0 bridgehead atoms. The molecule has 1 aliphatic rings. The molecule has 0 radical (unpaired) electrons. The van der Waals surface area contributed by atoms with Crippen molar-refractivity contribution in [2.75, 3.05) is 5.32 Å². The van der Waals surface area contributed by atoms with E-state index in [9.17, 15) is 4.79 Å². The topological polar surface area (TPSA) is 64.9 Å². The molecule has 110 valence electrons. The molecular weight excluding hydrogens is 262 g/mol. The van der Waals surface area contributed by atoms with E-state index in [4.69, 9.17) is 5.26 Å².